The normalized spacial score (nSPS) is 10.8. The van der Waals surface area contributed by atoms with Crippen LogP contribution in [0.15, 0.2) is 54.6 Å². The number of carbonyl (C=O) groups excluding carboxylic acids is 2. The van der Waals surface area contributed by atoms with Crippen molar-refractivity contribution in [2.45, 2.75) is 19.3 Å². The zero-order chi connectivity index (χ0) is 17.6. The Kier molecular flexibility index (Phi) is 5.58. The second kappa shape index (κ2) is 7.64. The Balaban J connectivity index is 1.89. The van der Waals surface area contributed by atoms with Crippen LogP contribution in [0.3, 0.4) is 0 Å². The van der Waals surface area contributed by atoms with Crippen LogP contribution in [0.25, 0.3) is 0 Å². The highest BCUT2D eigenvalue weighted by Gasteiger charge is 2.31. The largest absolute Gasteiger partial charge is 0.497 e. The van der Waals surface area contributed by atoms with Crippen LogP contribution in [-0.2, 0) is 19.7 Å². The maximum Gasteiger partial charge on any atom is 0.316 e. The minimum atomic E-state index is -0.818. The number of rotatable bonds is 6. The van der Waals surface area contributed by atoms with Gasteiger partial charge >= 0.3 is 5.97 Å². The number of ether oxygens (including phenoxy) is 2. The molecule has 0 spiro atoms. The third-order valence-electron chi connectivity index (χ3n) is 3.71. The highest BCUT2D eigenvalue weighted by atomic mass is 16.5. The van der Waals surface area contributed by atoms with Gasteiger partial charge in [-0.1, -0.05) is 30.3 Å². The third kappa shape index (κ3) is 4.35. The van der Waals surface area contributed by atoms with Gasteiger partial charge in [-0.2, -0.15) is 0 Å². The van der Waals surface area contributed by atoms with Crippen LogP contribution in [0.5, 0.6) is 5.75 Å². The summed E-state index contributed by atoms with van der Waals surface area (Å²) in [6.07, 6.45) is 0. The van der Waals surface area contributed by atoms with Gasteiger partial charge in [0, 0.05) is 5.69 Å². The summed E-state index contributed by atoms with van der Waals surface area (Å²) in [4.78, 5) is 24.2. The van der Waals surface area contributed by atoms with E-state index in [0.717, 1.165) is 5.56 Å². The molecule has 2 rings (SSSR count). The lowest BCUT2D eigenvalue weighted by Gasteiger charge is -2.22. The van der Waals surface area contributed by atoms with Gasteiger partial charge < -0.3 is 14.8 Å². The van der Waals surface area contributed by atoms with Crippen LogP contribution in [0.2, 0.25) is 0 Å². The van der Waals surface area contributed by atoms with E-state index in [1.165, 1.54) is 0 Å². The molecule has 24 heavy (non-hydrogen) atoms. The van der Waals surface area contributed by atoms with Crippen LogP contribution < -0.4 is 10.1 Å². The van der Waals surface area contributed by atoms with Crippen molar-refractivity contribution in [2.75, 3.05) is 19.0 Å². The van der Waals surface area contributed by atoms with Crippen LogP contribution in [0.1, 0.15) is 19.4 Å². The zero-order valence-electron chi connectivity index (χ0n) is 14.0. The molecule has 126 valence electrons. The van der Waals surface area contributed by atoms with E-state index in [0.29, 0.717) is 11.4 Å². The quantitative estimate of drug-likeness (QED) is 0.828. The Morgan fingerprint density at radius 1 is 1.00 bits per heavy atom. The fourth-order valence-electron chi connectivity index (χ4n) is 2.16. The first-order valence-corrected chi connectivity index (χ1v) is 7.60. The Morgan fingerprint density at radius 2 is 1.62 bits per heavy atom. The van der Waals surface area contributed by atoms with E-state index in [-0.39, 0.29) is 6.61 Å². The molecule has 0 unspecified atom stereocenters. The summed E-state index contributed by atoms with van der Waals surface area (Å²) in [7, 11) is 1.57. The lowest BCUT2D eigenvalue weighted by Crippen LogP contribution is -2.33. The number of methoxy groups -OCH3 is 1. The van der Waals surface area contributed by atoms with Crippen molar-refractivity contribution in [2.24, 2.45) is 0 Å². The maximum absolute atomic E-state index is 12.3. The molecule has 2 aromatic rings. The van der Waals surface area contributed by atoms with E-state index in [9.17, 15) is 9.59 Å². The number of anilines is 1. The van der Waals surface area contributed by atoms with Gasteiger partial charge in [-0.25, -0.2) is 0 Å². The van der Waals surface area contributed by atoms with Crippen molar-refractivity contribution >= 4 is 17.6 Å². The summed E-state index contributed by atoms with van der Waals surface area (Å²) in [5.74, 6) is -0.139. The molecular formula is C19H21NO4. The summed E-state index contributed by atoms with van der Waals surface area (Å²) in [6, 6.07) is 16.2. The smallest absolute Gasteiger partial charge is 0.316 e. The molecule has 5 nitrogen and oxygen atoms in total. The first-order chi connectivity index (χ1) is 11.4. The molecule has 0 radical (unpaired) electrons. The molecule has 1 amide bonds. The highest BCUT2D eigenvalue weighted by molar-refractivity contribution is 5.93. The van der Waals surface area contributed by atoms with E-state index in [1.54, 1.807) is 45.2 Å². The van der Waals surface area contributed by atoms with Gasteiger partial charge in [0.05, 0.1) is 12.5 Å². The van der Waals surface area contributed by atoms with E-state index in [4.69, 9.17) is 9.47 Å². The molecular weight excluding hydrogens is 306 g/mol. The van der Waals surface area contributed by atoms with Gasteiger partial charge in [-0.3, -0.25) is 9.59 Å². The fourth-order valence-corrected chi connectivity index (χ4v) is 2.16. The summed E-state index contributed by atoms with van der Waals surface area (Å²) in [5, 5.41) is 2.67. The molecule has 2 aromatic carbocycles. The van der Waals surface area contributed by atoms with Crippen molar-refractivity contribution in [3.63, 3.8) is 0 Å². The van der Waals surface area contributed by atoms with E-state index < -0.39 is 17.3 Å². The standard InChI is InChI=1S/C19H21NO4/c1-19(2,14-7-5-4-6-8-14)18(22)24-13-17(21)20-15-9-11-16(23-3)12-10-15/h4-12H,13H2,1-3H3,(H,20,21). The Labute approximate surface area is 141 Å². The number of hydrogen-bond acceptors (Lipinski definition) is 4. The van der Waals surface area contributed by atoms with Crippen LogP contribution in [0.4, 0.5) is 5.69 Å². The molecule has 0 heterocycles. The average Bonchev–Trinajstić information content (AvgIpc) is 2.61. The van der Waals surface area contributed by atoms with Gasteiger partial charge in [0.1, 0.15) is 5.75 Å². The second-order valence-corrected chi connectivity index (χ2v) is 5.84. The zero-order valence-corrected chi connectivity index (χ0v) is 14.0. The molecule has 0 aliphatic carbocycles. The molecule has 0 fully saturated rings. The number of hydrogen-bond donors (Lipinski definition) is 1. The lowest BCUT2D eigenvalue weighted by atomic mass is 9.85. The van der Waals surface area contributed by atoms with Gasteiger partial charge in [0.2, 0.25) is 0 Å². The molecule has 0 aliphatic rings. The van der Waals surface area contributed by atoms with Crippen LogP contribution in [-0.4, -0.2) is 25.6 Å². The first-order valence-electron chi connectivity index (χ1n) is 7.60. The van der Waals surface area contributed by atoms with Crippen molar-refractivity contribution < 1.29 is 19.1 Å². The van der Waals surface area contributed by atoms with Gasteiger partial charge in [0.25, 0.3) is 5.91 Å². The number of esters is 1. The van der Waals surface area contributed by atoms with Crippen molar-refractivity contribution in [3.05, 3.63) is 60.2 Å². The molecule has 0 saturated carbocycles. The monoisotopic (exact) mass is 327 g/mol. The second-order valence-electron chi connectivity index (χ2n) is 5.84. The molecule has 5 heteroatoms. The fraction of sp³-hybridized carbons (Fsp3) is 0.263. The average molecular weight is 327 g/mol. The minimum absolute atomic E-state index is 0.332. The third-order valence-corrected chi connectivity index (χ3v) is 3.71. The van der Waals surface area contributed by atoms with Crippen LogP contribution >= 0.6 is 0 Å². The minimum Gasteiger partial charge on any atom is -0.497 e. The highest BCUT2D eigenvalue weighted by Crippen LogP contribution is 2.24. The number of benzene rings is 2. The molecule has 0 atom stereocenters. The van der Waals surface area contributed by atoms with Crippen molar-refractivity contribution in [3.8, 4) is 5.75 Å². The Morgan fingerprint density at radius 3 is 2.21 bits per heavy atom. The summed E-state index contributed by atoms with van der Waals surface area (Å²) >= 11 is 0. The number of amides is 1. The van der Waals surface area contributed by atoms with Gasteiger partial charge in [-0.05, 0) is 43.7 Å². The molecule has 0 saturated heterocycles. The topological polar surface area (TPSA) is 64.6 Å². The van der Waals surface area contributed by atoms with E-state index >= 15 is 0 Å². The van der Waals surface area contributed by atoms with Gasteiger partial charge in [0.15, 0.2) is 6.61 Å². The molecule has 0 bridgehead atoms. The summed E-state index contributed by atoms with van der Waals surface area (Å²) in [5.41, 5.74) is 0.631. The van der Waals surface area contributed by atoms with E-state index in [1.807, 2.05) is 30.3 Å². The maximum atomic E-state index is 12.3. The first kappa shape index (κ1) is 17.5. The molecule has 0 aliphatic heterocycles. The summed E-state index contributed by atoms with van der Waals surface area (Å²) in [6.45, 7) is 3.21. The Hall–Kier alpha value is -2.82. The predicted octanol–water partition coefficient (Wildman–Crippen LogP) is 3.15. The number of nitrogens with one attached hydrogen (secondary N) is 1. The molecule has 0 aromatic heterocycles. The lowest BCUT2D eigenvalue weighted by molar-refractivity contribution is -0.152. The van der Waals surface area contributed by atoms with Crippen molar-refractivity contribution in [1.29, 1.82) is 0 Å². The van der Waals surface area contributed by atoms with Gasteiger partial charge in [-0.15, -0.1) is 0 Å². The SMILES string of the molecule is COc1ccc(NC(=O)COC(=O)C(C)(C)c2ccccc2)cc1. The predicted molar refractivity (Wildman–Crippen MR) is 92.1 cm³/mol. The molecule has 1 N–H and O–H groups in total. The van der Waals surface area contributed by atoms with Crippen molar-refractivity contribution in [1.82, 2.24) is 0 Å². The Bertz CT molecular complexity index is 693. The summed E-state index contributed by atoms with van der Waals surface area (Å²) < 4.78 is 10.2. The number of carbonyl (C=O) groups is 2. The van der Waals surface area contributed by atoms with Crippen LogP contribution in [0, 0.1) is 0 Å². The van der Waals surface area contributed by atoms with E-state index in [2.05, 4.69) is 5.32 Å².